The number of fused-ring (bicyclic) bond motifs is 1. The summed E-state index contributed by atoms with van der Waals surface area (Å²) in [4.78, 5) is 11.1. The number of aromatic nitrogens is 1. The smallest absolute Gasteiger partial charge is 0.166 e. The van der Waals surface area contributed by atoms with Crippen molar-refractivity contribution < 1.29 is 4.79 Å². The number of nitrogens with zero attached hydrogens (tertiary/aromatic N) is 1. The lowest BCUT2D eigenvalue weighted by Crippen LogP contribution is -2.03. The number of aldehydes is 1. The summed E-state index contributed by atoms with van der Waals surface area (Å²) in [5, 5.41) is 1.14. The Bertz CT molecular complexity index is 554. The number of carbonyl (C=O) groups is 1. The molecule has 0 unspecified atom stereocenters. The third-order valence-electron chi connectivity index (χ3n) is 3.16. The first-order chi connectivity index (χ1) is 7.78. The molecule has 0 saturated heterocycles. The molecule has 0 bridgehead atoms. The largest absolute Gasteiger partial charge is 0.338 e. The number of carbonyl (C=O) groups excluding carboxylic acids is 1. The minimum Gasteiger partial charge on any atom is -0.338 e. The van der Waals surface area contributed by atoms with Gasteiger partial charge in [-0.25, -0.2) is 0 Å². The molecule has 1 aromatic carbocycles. The molecule has 2 nitrogen and oxygen atoms in total. The van der Waals surface area contributed by atoms with Crippen LogP contribution < -0.4 is 0 Å². The lowest BCUT2D eigenvalue weighted by Gasteiger charge is -2.06. The molecule has 0 radical (unpaired) electrons. The highest BCUT2D eigenvalue weighted by molar-refractivity contribution is 9.10. The van der Waals surface area contributed by atoms with Gasteiger partial charge in [-0.1, -0.05) is 22.0 Å². The van der Waals surface area contributed by atoms with Gasteiger partial charge in [0.25, 0.3) is 0 Å². The highest BCUT2D eigenvalue weighted by Crippen LogP contribution is 2.33. The van der Waals surface area contributed by atoms with Crippen LogP contribution in [0.5, 0.6) is 0 Å². The van der Waals surface area contributed by atoms with E-state index in [4.69, 9.17) is 0 Å². The van der Waals surface area contributed by atoms with E-state index in [-0.39, 0.29) is 0 Å². The molecule has 3 rings (SSSR count). The molecule has 0 amide bonds. The van der Waals surface area contributed by atoms with E-state index >= 15 is 0 Å². The van der Waals surface area contributed by atoms with Crippen molar-refractivity contribution in [3.63, 3.8) is 0 Å². The van der Waals surface area contributed by atoms with Gasteiger partial charge in [0.2, 0.25) is 0 Å². The van der Waals surface area contributed by atoms with Crippen LogP contribution in [0.3, 0.4) is 0 Å². The summed E-state index contributed by atoms with van der Waals surface area (Å²) >= 11 is 3.48. The number of hydrogen-bond acceptors (Lipinski definition) is 1. The van der Waals surface area contributed by atoms with Crippen molar-refractivity contribution in [1.29, 1.82) is 0 Å². The first-order valence-electron chi connectivity index (χ1n) is 5.52. The van der Waals surface area contributed by atoms with Gasteiger partial charge in [-0.3, -0.25) is 4.79 Å². The molecule has 1 aliphatic carbocycles. The Balaban J connectivity index is 2.18. The summed E-state index contributed by atoms with van der Waals surface area (Å²) in [5.74, 6) is 0.772. The van der Waals surface area contributed by atoms with E-state index in [1.54, 1.807) is 0 Å². The summed E-state index contributed by atoms with van der Waals surface area (Å²) < 4.78 is 3.21. The molecule has 2 aromatic rings. The first kappa shape index (κ1) is 10.1. The summed E-state index contributed by atoms with van der Waals surface area (Å²) in [7, 11) is 0. The van der Waals surface area contributed by atoms with Crippen LogP contribution in [-0.4, -0.2) is 10.9 Å². The van der Waals surface area contributed by atoms with Crippen LogP contribution in [0, 0.1) is 5.92 Å². The molecule has 0 aliphatic heterocycles. The molecular formula is C13H12BrNO. The Morgan fingerprint density at radius 2 is 2.19 bits per heavy atom. The van der Waals surface area contributed by atoms with E-state index < -0.39 is 0 Å². The number of hydrogen-bond donors (Lipinski definition) is 0. The van der Waals surface area contributed by atoms with Crippen LogP contribution in [0.15, 0.2) is 28.7 Å². The summed E-state index contributed by atoms with van der Waals surface area (Å²) in [6.07, 6.45) is 3.55. The third-order valence-corrected chi connectivity index (χ3v) is 3.65. The fourth-order valence-corrected chi connectivity index (χ4v) is 2.46. The van der Waals surface area contributed by atoms with Gasteiger partial charge in [0.15, 0.2) is 6.29 Å². The van der Waals surface area contributed by atoms with Crippen LogP contribution in [0.2, 0.25) is 0 Å². The topological polar surface area (TPSA) is 22.0 Å². The van der Waals surface area contributed by atoms with Crippen molar-refractivity contribution in [2.75, 3.05) is 0 Å². The van der Waals surface area contributed by atoms with E-state index in [9.17, 15) is 4.79 Å². The van der Waals surface area contributed by atoms with E-state index in [1.165, 1.54) is 12.8 Å². The van der Waals surface area contributed by atoms with Gasteiger partial charge in [0, 0.05) is 21.9 Å². The van der Waals surface area contributed by atoms with Crippen molar-refractivity contribution >= 4 is 33.1 Å². The summed E-state index contributed by atoms with van der Waals surface area (Å²) in [5.41, 5.74) is 1.95. The quantitative estimate of drug-likeness (QED) is 0.786. The van der Waals surface area contributed by atoms with E-state index in [1.807, 2.05) is 12.1 Å². The van der Waals surface area contributed by atoms with Crippen molar-refractivity contribution in [2.24, 2.45) is 5.92 Å². The molecule has 1 aliphatic rings. The molecule has 16 heavy (non-hydrogen) atoms. The Morgan fingerprint density at radius 1 is 1.38 bits per heavy atom. The molecule has 0 spiro atoms. The van der Waals surface area contributed by atoms with E-state index in [0.717, 1.165) is 39.8 Å². The maximum atomic E-state index is 11.1. The zero-order valence-electron chi connectivity index (χ0n) is 8.82. The van der Waals surface area contributed by atoms with Crippen molar-refractivity contribution in [3.8, 4) is 0 Å². The first-order valence-corrected chi connectivity index (χ1v) is 6.31. The monoisotopic (exact) mass is 277 g/mol. The number of benzene rings is 1. The standard InChI is InChI=1S/C13H12BrNO/c14-11-4-3-10-5-12(8-16)15(13(10)6-11)7-9-1-2-9/h3-6,8-9H,1-2,7H2. The van der Waals surface area contributed by atoms with Crippen LogP contribution in [-0.2, 0) is 6.54 Å². The maximum Gasteiger partial charge on any atom is 0.166 e. The van der Waals surface area contributed by atoms with Gasteiger partial charge < -0.3 is 4.57 Å². The van der Waals surface area contributed by atoms with Gasteiger partial charge in [0.05, 0.1) is 5.69 Å². The Hall–Kier alpha value is -1.09. The van der Waals surface area contributed by atoms with E-state index in [0.29, 0.717) is 0 Å². The Kier molecular flexibility index (Phi) is 2.36. The fraction of sp³-hybridized carbons (Fsp3) is 0.308. The van der Waals surface area contributed by atoms with Gasteiger partial charge in [0.1, 0.15) is 0 Å². The average Bonchev–Trinajstić information content (AvgIpc) is 3.02. The van der Waals surface area contributed by atoms with Gasteiger partial charge in [-0.15, -0.1) is 0 Å². The normalized spacial score (nSPS) is 15.6. The van der Waals surface area contributed by atoms with Crippen LogP contribution in [0.25, 0.3) is 10.9 Å². The molecule has 0 N–H and O–H groups in total. The second-order valence-electron chi connectivity index (χ2n) is 4.44. The lowest BCUT2D eigenvalue weighted by atomic mass is 10.2. The van der Waals surface area contributed by atoms with Crippen LogP contribution in [0.4, 0.5) is 0 Å². The van der Waals surface area contributed by atoms with E-state index in [2.05, 4.69) is 32.6 Å². The maximum absolute atomic E-state index is 11.1. The second-order valence-corrected chi connectivity index (χ2v) is 5.36. The van der Waals surface area contributed by atoms with Crippen molar-refractivity contribution in [2.45, 2.75) is 19.4 Å². The third kappa shape index (κ3) is 1.69. The SMILES string of the molecule is O=Cc1cc2ccc(Br)cc2n1CC1CC1. The van der Waals surface area contributed by atoms with Gasteiger partial charge in [-0.2, -0.15) is 0 Å². The number of rotatable bonds is 3. The molecule has 1 saturated carbocycles. The molecular weight excluding hydrogens is 266 g/mol. The second kappa shape index (κ2) is 3.74. The highest BCUT2D eigenvalue weighted by Gasteiger charge is 2.23. The summed E-state index contributed by atoms with van der Waals surface area (Å²) in [6.45, 7) is 0.980. The molecule has 1 aromatic heterocycles. The highest BCUT2D eigenvalue weighted by atomic mass is 79.9. The molecule has 1 fully saturated rings. The molecule has 3 heteroatoms. The zero-order chi connectivity index (χ0) is 11.1. The number of halogens is 1. The fourth-order valence-electron chi connectivity index (χ4n) is 2.11. The molecule has 82 valence electrons. The van der Waals surface area contributed by atoms with Gasteiger partial charge >= 0.3 is 0 Å². The average molecular weight is 278 g/mol. The van der Waals surface area contributed by atoms with Crippen LogP contribution in [0.1, 0.15) is 23.3 Å². The molecule has 0 atom stereocenters. The minimum absolute atomic E-state index is 0.772. The molecule has 1 heterocycles. The van der Waals surface area contributed by atoms with Crippen molar-refractivity contribution in [3.05, 3.63) is 34.4 Å². The zero-order valence-corrected chi connectivity index (χ0v) is 10.4. The van der Waals surface area contributed by atoms with Crippen LogP contribution >= 0.6 is 15.9 Å². The summed E-state index contributed by atoms with van der Waals surface area (Å²) in [6, 6.07) is 8.12. The lowest BCUT2D eigenvalue weighted by molar-refractivity contribution is 0.111. The van der Waals surface area contributed by atoms with Crippen molar-refractivity contribution in [1.82, 2.24) is 4.57 Å². The predicted octanol–water partition coefficient (Wildman–Crippen LogP) is 3.63. The Labute approximate surface area is 102 Å². The Morgan fingerprint density at radius 3 is 2.88 bits per heavy atom. The van der Waals surface area contributed by atoms with Gasteiger partial charge in [-0.05, 0) is 37.0 Å². The minimum atomic E-state index is 0.772. The predicted molar refractivity (Wildman–Crippen MR) is 67.7 cm³/mol.